The van der Waals surface area contributed by atoms with Crippen molar-refractivity contribution in [3.63, 3.8) is 0 Å². The van der Waals surface area contributed by atoms with Gasteiger partial charge in [0.05, 0.1) is 24.2 Å². The standard InChI is InChI=1S/C16H16F2N2O3/c1-10-7-11(2)20(19-10)6-5-16(22)23-9-15(21)13-8-12(17)3-4-14(13)18/h3-4,7-8H,5-6,9H2,1-2H3. The molecular formula is C16H16F2N2O3. The van der Waals surface area contributed by atoms with Crippen molar-refractivity contribution in [1.82, 2.24) is 9.78 Å². The Morgan fingerprint density at radius 1 is 1.22 bits per heavy atom. The van der Waals surface area contributed by atoms with E-state index in [4.69, 9.17) is 4.74 Å². The summed E-state index contributed by atoms with van der Waals surface area (Å²) >= 11 is 0. The zero-order valence-electron chi connectivity index (χ0n) is 12.8. The first kappa shape index (κ1) is 16.8. The predicted molar refractivity (Wildman–Crippen MR) is 78.0 cm³/mol. The molecule has 23 heavy (non-hydrogen) atoms. The van der Waals surface area contributed by atoms with Crippen LogP contribution in [0.3, 0.4) is 0 Å². The lowest BCUT2D eigenvalue weighted by Crippen LogP contribution is -2.17. The van der Waals surface area contributed by atoms with E-state index in [-0.39, 0.29) is 6.42 Å². The first-order valence-electron chi connectivity index (χ1n) is 7.01. The lowest BCUT2D eigenvalue weighted by Gasteiger charge is -2.06. The molecule has 5 nitrogen and oxygen atoms in total. The predicted octanol–water partition coefficient (Wildman–Crippen LogP) is 2.59. The Hall–Kier alpha value is -2.57. The molecule has 0 aliphatic heterocycles. The number of carbonyl (C=O) groups excluding carboxylic acids is 2. The minimum Gasteiger partial charge on any atom is -0.457 e. The molecule has 0 saturated heterocycles. The Labute approximate surface area is 131 Å². The first-order valence-corrected chi connectivity index (χ1v) is 7.01. The summed E-state index contributed by atoms with van der Waals surface area (Å²) in [6.45, 7) is 3.40. The fourth-order valence-electron chi connectivity index (χ4n) is 2.11. The van der Waals surface area contributed by atoms with Gasteiger partial charge in [0, 0.05) is 5.69 Å². The highest BCUT2D eigenvalue weighted by Crippen LogP contribution is 2.11. The van der Waals surface area contributed by atoms with Crippen molar-refractivity contribution in [2.24, 2.45) is 0 Å². The molecule has 0 unspecified atom stereocenters. The molecule has 122 valence electrons. The van der Waals surface area contributed by atoms with E-state index in [1.165, 1.54) is 0 Å². The summed E-state index contributed by atoms with van der Waals surface area (Å²) in [5.41, 5.74) is 1.32. The number of nitrogens with zero attached hydrogens (tertiary/aromatic N) is 2. The molecule has 0 atom stereocenters. The number of ketones is 1. The maximum Gasteiger partial charge on any atom is 0.308 e. The Balaban J connectivity index is 1.85. The molecule has 1 heterocycles. The Bertz CT molecular complexity index is 741. The third-order valence-corrected chi connectivity index (χ3v) is 3.22. The quantitative estimate of drug-likeness (QED) is 0.606. The molecule has 0 saturated carbocycles. The van der Waals surface area contributed by atoms with Crippen molar-refractivity contribution in [2.75, 3.05) is 6.61 Å². The number of ether oxygens (including phenoxy) is 1. The molecule has 1 aromatic carbocycles. The van der Waals surface area contributed by atoms with Gasteiger partial charge in [0.25, 0.3) is 0 Å². The summed E-state index contributed by atoms with van der Waals surface area (Å²) in [6, 6.07) is 4.42. The number of aromatic nitrogens is 2. The smallest absolute Gasteiger partial charge is 0.308 e. The van der Waals surface area contributed by atoms with Gasteiger partial charge >= 0.3 is 5.97 Å². The van der Waals surface area contributed by atoms with E-state index >= 15 is 0 Å². The second kappa shape index (κ2) is 7.13. The zero-order valence-corrected chi connectivity index (χ0v) is 12.8. The zero-order chi connectivity index (χ0) is 17.0. The minimum absolute atomic E-state index is 0.0286. The fourth-order valence-corrected chi connectivity index (χ4v) is 2.11. The highest BCUT2D eigenvalue weighted by Gasteiger charge is 2.15. The average molecular weight is 322 g/mol. The summed E-state index contributed by atoms with van der Waals surface area (Å²) in [7, 11) is 0. The topological polar surface area (TPSA) is 61.2 Å². The van der Waals surface area contributed by atoms with Crippen LogP contribution in [0, 0.1) is 25.5 Å². The third-order valence-electron chi connectivity index (χ3n) is 3.22. The summed E-state index contributed by atoms with van der Waals surface area (Å²) in [5, 5.41) is 4.20. The fraction of sp³-hybridized carbons (Fsp3) is 0.312. The molecule has 0 aliphatic carbocycles. The maximum atomic E-state index is 13.4. The van der Waals surface area contributed by atoms with Crippen molar-refractivity contribution in [1.29, 1.82) is 0 Å². The van der Waals surface area contributed by atoms with Crippen LogP contribution < -0.4 is 0 Å². The molecule has 0 fully saturated rings. The van der Waals surface area contributed by atoms with Gasteiger partial charge in [-0.05, 0) is 38.1 Å². The largest absolute Gasteiger partial charge is 0.457 e. The van der Waals surface area contributed by atoms with Crippen LogP contribution in [-0.4, -0.2) is 28.1 Å². The van der Waals surface area contributed by atoms with Gasteiger partial charge in [0.15, 0.2) is 6.61 Å². The van der Waals surface area contributed by atoms with Gasteiger partial charge in [-0.15, -0.1) is 0 Å². The van der Waals surface area contributed by atoms with Crippen molar-refractivity contribution in [3.05, 3.63) is 52.9 Å². The molecule has 0 aliphatic rings. The molecule has 0 radical (unpaired) electrons. The van der Waals surface area contributed by atoms with Crippen molar-refractivity contribution < 1.29 is 23.1 Å². The molecule has 2 aromatic rings. The molecule has 7 heteroatoms. The van der Waals surface area contributed by atoms with Gasteiger partial charge < -0.3 is 4.74 Å². The van der Waals surface area contributed by atoms with Gasteiger partial charge in [0.2, 0.25) is 5.78 Å². The molecular weight excluding hydrogens is 306 g/mol. The number of carbonyl (C=O) groups is 2. The van der Waals surface area contributed by atoms with E-state index in [0.717, 1.165) is 29.6 Å². The van der Waals surface area contributed by atoms with Crippen LogP contribution in [0.4, 0.5) is 8.78 Å². The number of hydrogen-bond acceptors (Lipinski definition) is 4. The second-order valence-electron chi connectivity index (χ2n) is 5.11. The molecule has 1 aromatic heterocycles. The third kappa shape index (κ3) is 4.45. The number of benzene rings is 1. The highest BCUT2D eigenvalue weighted by atomic mass is 19.1. The van der Waals surface area contributed by atoms with Gasteiger partial charge in [-0.25, -0.2) is 8.78 Å². The number of aryl methyl sites for hydroxylation is 3. The average Bonchev–Trinajstić information content (AvgIpc) is 2.83. The number of esters is 1. The van der Waals surface area contributed by atoms with Crippen LogP contribution in [0.2, 0.25) is 0 Å². The molecule has 0 N–H and O–H groups in total. The molecule has 0 spiro atoms. The van der Waals surface area contributed by atoms with Gasteiger partial charge in [0.1, 0.15) is 11.6 Å². The summed E-state index contributed by atoms with van der Waals surface area (Å²) in [6.07, 6.45) is 0.0286. The molecule has 0 bridgehead atoms. The van der Waals surface area contributed by atoms with Crippen LogP contribution in [0.15, 0.2) is 24.3 Å². The lowest BCUT2D eigenvalue weighted by molar-refractivity contribution is -0.142. The normalized spacial score (nSPS) is 10.6. The van der Waals surface area contributed by atoms with Crippen LogP contribution in [0.25, 0.3) is 0 Å². The number of hydrogen-bond donors (Lipinski definition) is 0. The van der Waals surface area contributed by atoms with Crippen molar-refractivity contribution in [3.8, 4) is 0 Å². The molecule has 0 amide bonds. The Kier molecular flexibility index (Phi) is 5.20. The van der Waals surface area contributed by atoms with Crippen molar-refractivity contribution >= 4 is 11.8 Å². The van der Waals surface area contributed by atoms with E-state index in [1.807, 2.05) is 19.9 Å². The summed E-state index contributed by atoms with van der Waals surface area (Å²) in [4.78, 5) is 23.4. The Morgan fingerprint density at radius 2 is 1.96 bits per heavy atom. The van der Waals surface area contributed by atoms with Gasteiger partial charge in [-0.1, -0.05) is 0 Å². The van der Waals surface area contributed by atoms with E-state index in [2.05, 4.69) is 5.10 Å². The lowest BCUT2D eigenvalue weighted by atomic mass is 10.1. The summed E-state index contributed by atoms with van der Waals surface area (Å²) in [5.74, 6) is -2.98. The second-order valence-corrected chi connectivity index (χ2v) is 5.11. The van der Waals surface area contributed by atoms with Crippen LogP contribution >= 0.6 is 0 Å². The Morgan fingerprint density at radius 3 is 2.61 bits per heavy atom. The van der Waals surface area contributed by atoms with Crippen molar-refractivity contribution in [2.45, 2.75) is 26.8 Å². The van der Waals surface area contributed by atoms with Gasteiger partial charge in [-0.3, -0.25) is 14.3 Å². The first-order chi connectivity index (χ1) is 10.9. The number of rotatable bonds is 6. The summed E-state index contributed by atoms with van der Waals surface area (Å²) < 4.78 is 32.9. The van der Waals surface area contributed by atoms with E-state index in [0.29, 0.717) is 6.54 Å². The molecule has 2 rings (SSSR count). The van der Waals surface area contributed by atoms with Crippen LogP contribution in [0.1, 0.15) is 28.2 Å². The van der Waals surface area contributed by atoms with E-state index < -0.39 is 35.6 Å². The van der Waals surface area contributed by atoms with Crippen LogP contribution in [-0.2, 0) is 16.1 Å². The van der Waals surface area contributed by atoms with E-state index in [1.54, 1.807) is 4.68 Å². The van der Waals surface area contributed by atoms with Crippen LogP contribution in [0.5, 0.6) is 0 Å². The minimum atomic E-state index is -0.852. The monoisotopic (exact) mass is 322 g/mol. The number of halogens is 2. The highest BCUT2D eigenvalue weighted by molar-refractivity contribution is 5.98. The maximum absolute atomic E-state index is 13.4. The van der Waals surface area contributed by atoms with E-state index in [9.17, 15) is 18.4 Å². The van der Waals surface area contributed by atoms with Gasteiger partial charge in [-0.2, -0.15) is 5.10 Å². The number of Topliss-reactive ketones (excluding diaryl/α,β-unsaturated/α-hetero) is 1. The SMILES string of the molecule is Cc1cc(C)n(CCC(=O)OCC(=O)c2cc(F)ccc2F)n1.